The van der Waals surface area contributed by atoms with Gasteiger partial charge in [0.05, 0.1) is 6.20 Å². The molecule has 142 valence electrons. The molecule has 0 spiro atoms. The van der Waals surface area contributed by atoms with Crippen molar-refractivity contribution in [3.05, 3.63) is 28.9 Å². The van der Waals surface area contributed by atoms with Crippen LogP contribution in [0, 0.1) is 11.7 Å². The van der Waals surface area contributed by atoms with E-state index in [0.717, 1.165) is 35.7 Å². The molecule has 0 unspecified atom stereocenters. The van der Waals surface area contributed by atoms with Crippen LogP contribution in [0.2, 0.25) is 0 Å². The Morgan fingerprint density at radius 3 is 3.22 bits per heavy atom. The number of H-pyrrole nitrogens is 1. The Bertz CT molecular complexity index is 971. The summed E-state index contributed by atoms with van der Waals surface area (Å²) in [6, 6.07) is -0.0769. The van der Waals surface area contributed by atoms with Gasteiger partial charge in [0, 0.05) is 50.2 Å². The molecule has 2 aromatic rings. The summed E-state index contributed by atoms with van der Waals surface area (Å²) < 4.78 is 14.2. The van der Waals surface area contributed by atoms with E-state index in [1.807, 2.05) is 6.20 Å². The highest BCUT2D eigenvalue weighted by molar-refractivity contribution is 5.74. The van der Waals surface area contributed by atoms with Crippen molar-refractivity contribution in [1.29, 1.82) is 0 Å². The van der Waals surface area contributed by atoms with Gasteiger partial charge in [-0.15, -0.1) is 0 Å². The quantitative estimate of drug-likeness (QED) is 0.728. The molecule has 2 aliphatic rings. The van der Waals surface area contributed by atoms with Crippen molar-refractivity contribution in [2.75, 3.05) is 38.5 Å². The molecule has 4 rings (SSSR count). The highest BCUT2D eigenvalue weighted by Gasteiger charge is 2.25. The van der Waals surface area contributed by atoms with Crippen LogP contribution in [0.4, 0.5) is 15.0 Å². The fourth-order valence-corrected chi connectivity index (χ4v) is 3.53. The van der Waals surface area contributed by atoms with E-state index in [0.29, 0.717) is 25.5 Å². The second kappa shape index (κ2) is 7.34. The first-order valence-corrected chi connectivity index (χ1v) is 9.11. The number of aromatic amines is 1. The van der Waals surface area contributed by atoms with Crippen molar-refractivity contribution in [1.82, 2.24) is 25.2 Å². The molecule has 0 saturated carbocycles. The lowest BCUT2D eigenvalue weighted by molar-refractivity contribution is 0.209. The molecule has 1 saturated heterocycles. The maximum absolute atomic E-state index is 14.2. The Morgan fingerprint density at radius 2 is 2.37 bits per heavy atom. The van der Waals surface area contributed by atoms with Crippen LogP contribution < -0.4 is 21.3 Å². The van der Waals surface area contributed by atoms with Crippen molar-refractivity contribution in [3.8, 4) is 11.4 Å². The van der Waals surface area contributed by atoms with E-state index in [9.17, 15) is 9.18 Å². The number of rotatable bonds is 4. The van der Waals surface area contributed by atoms with Gasteiger partial charge in [0.1, 0.15) is 5.49 Å². The third-order valence-corrected chi connectivity index (χ3v) is 4.98. The molecular formula is C18H22FN7O. The van der Waals surface area contributed by atoms with E-state index in [1.54, 1.807) is 11.9 Å². The fourth-order valence-electron chi connectivity index (χ4n) is 3.53. The normalized spacial score (nSPS) is 18.4. The third-order valence-electron chi connectivity index (χ3n) is 4.98. The van der Waals surface area contributed by atoms with Gasteiger partial charge in [-0.1, -0.05) is 6.08 Å². The maximum atomic E-state index is 14.2. The number of carbonyl (C=O) groups excluding carboxylic acids is 1. The van der Waals surface area contributed by atoms with Crippen LogP contribution in [-0.4, -0.2) is 59.1 Å². The number of halogens is 1. The van der Waals surface area contributed by atoms with E-state index < -0.39 is 5.82 Å². The molecule has 8 nitrogen and oxygen atoms in total. The summed E-state index contributed by atoms with van der Waals surface area (Å²) in [5.41, 5.74) is 1.64. The van der Waals surface area contributed by atoms with Gasteiger partial charge in [0.15, 0.2) is 17.5 Å². The molecule has 4 heterocycles. The molecule has 2 aromatic heterocycles. The number of fused-ring (bicyclic) bond motifs is 1. The van der Waals surface area contributed by atoms with Crippen LogP contribution >= 0.6 is 0 Å². The first kappa shape index (κ1) is 17.4. The summed E-state index contributed by atoms with van der Waals surface area (Å²) in [4.78, 5) is 29.5. The molecule has 1 atom stereocenters. The number of amides is 2. The van der Waals surface area contributed by atoms with Crippen LogP contribution in [0.3, 0.4) is 0 Å². The second-order valence-electron chi connectivity index (χ2n) is 6.77. The highest BCUT2D eigenvalue weighted by atomic mass is 19.1. The smallest absolute Gasteiger partial charge is 0.317 e. The van der Waals surface area contributed by atoms with Gasteiger partial charge < -0.3 is 20.5 Å². The topological polar surface area (TPSA) is 98.3 Å². The minimum Gasteiger partial charge on any atom is -0.367 e. The number of likely N-dealkylation sites (tertiary alicyclic amines) is 1. The van der Waals surface area contributed by atoms with Crippen molar-refractivity contribution < 1.29 is 9.18 Å². The van der Waals surface area contributed by atoms with E-state index in [1.165, 1.54) is 6.20 Å². The zero-order valence-corrected chi connectivity index (χ0v) is 15.1. The van der Waals surface area contributed by atoms with E-state index in [4.69, 9.17) is 0 Å². The number of anilines is 1. The van der Waals surface area contributed by atoms with Crippen LogP contribution in [0.1, 0.15) is 12.8 Å². The largest absolute Gasteiger partial charge is 0.367 e. The standard InChI is InChI=1S/C18H22FN7O/c1-20-18(27)26-6-4-11(10-26)7-22-17-14(19)9-24-16(25-17)13-8-23-15-12(13)3-2-5-21-15/h3,8-9,11H,2,4-7,10H2,1H3,(H,20,27)(H,21,23)(H,22,24,25)/t11-/m0/s1. The predicted molar refractivity (Wildman–Crippen MR) is 99.1 cm³/mol. The lowest BCUT2D eigenvalue weighted by Gasteiger charge is -2.16. The van der Waals surface area contributed by atoms with Crippen LogP contribution in [0.15, 0.2) is 17.4 Å². The van der Waals surface area contributed by atoms with Gasteiger partial charge in [-0.05, 0) is 18.8 Å². The number of carbonyl (C=O) groups is 1. The molecule has 9 heteroatoms. The van der Waals surface area contributed by atoms with Crippen molar-refractivity contribution in [2.45, 2.75) is 12.8 Å². The van der Waals surface area contributed by atoms with E-state index in [-0.39, 0.29) is 17.8 Å². The SMILES string of the molecule is CNC(=O)N1CC[C@@H](CNc2nc(-c3c[nH]c4c3=CCCN=4)ncc2F)C1. The van der Waals surface area contributed by atoms with Gasteiger partial charge in [-0.3, -0.25) is 4.99 Å². The number of aromatic nitrogens is 3. The number of nitrogens with one attached hydrogen (secondary N) is 3. The molecule has 3 N–H and O–H groups in total. The van der Waals surface area contributed by atoms with E-state index in [2.05, 4.69) is 36.7 Å². The summed E-state index contributed by atoms with van der Waals surface area (Å²) in [5.74, 6) is 0.412. The highest BCUT2D eigenvalue weighted by Crippen LogP contribution is 2.19. The molecule has 0 bridgehead atoms. The molecule has 1 fully saturated rings. The van der Waals surface area contributed by atoms with Gasteiger partial charge in [-0.2, -0.15) is 0 Å². The van der Waals surface area contributed by atoms with Crippen molar-refractivity contribution >= 4 is 17.9 Å². The molecule has 0 radical (unpaired) electrons. The molecule has 0 aliphatic carbocycles. The number of hydrogen-bond acceptors (Lipinski definition) is 5. The molecular weight excluding hydrogens is 349 g/mol. The average molecular weight is 371 g/mol. The Balaban J connectivity index is 1.49. The van der Waals surface area contributed by atoms with Crippen LogP contribution in [-0.2, 0) is 0 Å². The first-order valence-electron chi connectivity index (χ1n) is 9.11. The molecule has 2 amide bonds. The summed E-state index contributed by atoms with van der Waals surface area (Å²) in [6.45, 7) is 2.67. The van der Waals surface area contributed by atoms with Gasteiger partial charge in [0.2, 0.25) is 0 Å². The summed E-state index contributed by atoms with van der Waals surface area (Å²) >= 11 is 0. The Morgan fingerprint density at radius 1 is 1.48 bits per heavy atom. The third kappa shape index (κ3) is 3.49. The van der Waals surface area contributed by atoms with E-state index >= 15 is 0 Å². The van der Waals surface area contributed by atoms with Gasteiger partial charge >= 0.3 is 6.03 Å². The minimum absolute atomic E-state index is 0.0769. The van der Waals surface area contributed by atoms with Crippen LogP contribution in [0.25, 0.3) is 17.5 Å². The molecule has 27 heavy (non-hydrogen) atoms. The summed E-state index contributed by atoms with van der Waals surface area (Å²) in [6.07, 6.45) is 6.84. The zero-order valence-electron chi connectivity index (χ0n) is 15.1. The van der Waals surface area contributed by atoms with Gasteiger partial charge in [-0.25, -0.2) is 19.2 Å². The number of urea groups is 1. The van der Waals surface area contributed by atoms with Crippen LogP contribution in [0.5, 0.6) is 0 Å². The van der Waals surface area contributed by atoms with Gasteiger partial charge in [0.25, 0.3) is 0 Å². The van der Waals surface area contributed by atoms with Crippen molar-refractivity contribution in [2.24, 2.45) is 10.9 Å². The summed E-state index contributed by atoms with van der Waals surface area (Å²) in [5, 5.41) is 6.69. The lowest BCUT2D eigenvalue weighted by Crippen LogP contribution is -2.36. The summed E-state index contributed by atoms with van der Waals surface area (Å²) in [7, 11) is 1.62. The maximum Gasteiger partial charge on any atom is 0.317 e. The first-order chi connectivity index (χ1) is 13.2. The zero-order chi connectivity index (χ0) is 18.8. The second-order valence-corrected chi connectivity index (χ2v) is 6.77. The molecule has 0 aromatic carbocycles. The Kier molecular flexibility index (Phi) is 4.74. The molecule has 2 aliphatic heterocycles. The fraction of sp³-hybridized carbons (Fsp3) is 0.444. The Hall–Kier alpha value is -2.97. The number of hydrogen-bond donors (Lipinski definition) is 3. The average Bonchev–Trinajstić information content (AvgIpc) is 3.34. The monoisotopic (exact) mass is 371 g/mol. The number of nitrogens with zero attached hydrogens (tertiary/aromatic N) is 4. The lowest BCUT2D eigenvalue weighted by atomic mass is 10.1. The van der Waals surface area contributed by atoms with Crippen molar-refractivity contribution in [3.63, 3.8) is 0 Å². The Labute approximate surface area is 155 Å². The minimum atomic E-state index is -0.488. The predicted octanol–water partition coefficient (Wildman–Crippen LogP) is 0.488.